The average Bonchev–Trinajstić information content (AvgIpc) is 2.55. The van der Waals surface area contributed by atoms with Crippen LogP contribution in [-0.4, -0.2) is 12.1 Å². The van der Waals surface area contributed by atoms with Crippen molar-refractivity contribution in [1.29, 1.82) is 0 Å². The molecule has 0 saturated heterocycles. The number of carbonyl (C=O) groups is 1. The van der Waals surface area contributed by atoms with Gasteiger partial charge in [-0.1, -0.05) is 25.5 Å². The van der Waals surface area contributed by atoms with Crippen molar-refractivity contribution in [3.05, 3.63) is 41.7 Å². The van der Waals surface area contributed by atoms with Crippen LogP contribution in [0.15, 0.2) is 36.2 Å². The Bertz CT molecular complexity index is 597. The van der Waals surface area contributed by atoms with E-state index in [-0.39, 0.29) is 18.9 Å². The van der Waals surface area contributed by atoms with Crippen molar-refractivity contribution in [2.45, 2.75) is 51.6 Å². The number of aryl methyl sites for hydroxylation is 1. The van der Waals surface area contributed by atoms with E-state index in [4.69, 9.17) is 4.74 Å². The van der Waals surface area contributed by atoms with Gasteiger partial charge in [0.2, 0.25) is 0 Å². The monoisotopic (exact) mass is 358 g/mol. The van der Waals surface area contributed by atoms with Gasteiger partial charge < -0.3 is 4.74 Å². The third kappa shape index (κ3) is 6.18. The molecule has 1 aliphatic rings. The Morgan fingerprint density at radius 1 is 1.12 bits per heavy atom. The summed E-state index contributed by atoms with van der Waals surface area (Å²) in [5.41, 5.74) is 1.16. The highest BCUT2D eigenvalue weighted by Crippen LogP contribution is 2.36. The van der Waals surface area contributed by atoms with Crippen molar-refractivity contribution in [2.75, 3.05) is 0 Å². The Hall–Kier alpha value is -1.85. The molecule has 138 valence electrons. The van der Waals surface area contributed by atoms with Gasteiger partial charge in [-0.3, -0.25) is 4.79 Å². The summed E-state index contributed by atoms with van der Waals surface area (Å²) >= 11 is 0. The quantitative estimate of drug-likeness (QED) is 0.380. The van der Waals surface area contributed by atoms with E-state index in [9.17, 15) is 22.4 Å². The van der Waals surface area contributed by atoms with Crippen molar-refractivity contribution in [1.82, 2.24) is 0 Å². The number of allylic oxidation sites excluding steroid dienone is 2. The number of hydrogen-bond acceptors (Lipinski definition) is 2. The first-order chi connectivity index (χ1) is 11.8. The number of benzene rings is 1. The molecule has 1 aromatic carbocycles. The molecule has 0 amide bonds. The Balaban J connectivity index is 1.85. The van der Waals surface area contributed by atoms with E-state index in [1.54, 1.807) is 12.1 Å². The van der Waals surface area contributed by atoms with E-state index in [0.717, 1.165) is 18.4 Å². The second-order valence-electron chi connectivity index (χ2n) is 6.43. The van der Waals surface area contributed by atoms with E-state index < -0.39 is 29.8 Å². The predicted molar refractivity (Wildman–Crippen MR) is 86.8 cm³/mol. The minimum absolute atomic E-state index is 0.216. The van der Waals surface area contributed by atoms with Crippen molar-refractivity contribution in [3.63, 3.8) is 0 Å². The molecular weight excluding hydrogens is 336 g/mol. The highest BCUT2D eigenvalue weighted by Gasteiger charge is 2.32. The zero-order valence-corrected chi connectivity index (χ0v) is 14.1. The Morgan fingerprint density at radius 2 is 1.68 bits per heavy atom. The lowest BCUT2D eigenvalue weighted by atomic mass is 9.81. The topological polar surface area (TPSA) is 26.3 Å². The van der Waals surface area contributed by atoms with Crippen molar-refractivity contribution in [2.24, 2.45) is 11.8 Å². The minimum atomic E-state index is -4.65. The first-order valence-corrected chi connectivity index (χ1v) is 8.54. The summed E-state index contributed by atoms with van der Waals surface area (Å²) in [5, 5.41) is 0. The van der Waals surface area contributed by atoms with Crippen LogP contribution in [0.4, 0.5) is 17.6 Å². The maximum Gasteiger partial charge on any atom is 0.412 e. The molecule has 0 atom stereocenters. The fourth-order valence-electron chi connectivity index (χ4n) is 3.09. The zero-order valence-electron chi connectivity index (χ0n) is 14.1. The molecule has 0 N–H and O–H groups in total. The third-order valence-corrected chi connectivity index (χ3v) is 4.43. The van der Waals surface area contributed by atoms with Crippen LogP contribution in [-0.2, 0) is 11.2 Å². The molecule has 0 heterocycles. The Labute approximate surface area is 144 Å². The maximum atomic E-state index is 13.6. The Kier molecular flexibility index (Phi) is 6.62. The summed E-state index contributed by atoms with van der Waals surface area (Å²) in [6.45, 7) is 2.08. The maximum absolute atomic E-state index is 13.6. The van der Waals surface area contributed by atoms with Crippen molar-refractivity contribution in [3.8, 4) is 5.75 Å². The van der Waals surface area contributed by atoms with Gasteiger partial charge in [0.1, 0.15) is 11.6 Å². The summed E-state index contributed by atoms with van der Waals surface area (Å²) in [4.78, 5) is 12.2. The van der Waals surface area contributed by atoms with Crippen LogP contribution >= 0.6 is 0 Å². The van der Waals surface area contributed by atoms with Gasteiger partial charge in [-0.25, -0.2) is 4.39 Å². The third-order valence-electron chi connectivity index (χ3n) is 4.43. The lowest BCUT2D eigenvalue weighted by Gasteiger charge is -2.26. The normalized spacial score (nSPS) is 21.9. The molecule has 2 rings (SSSR count). The molecule has 6 heteroatoms. The molecule has 0 radical (unpaired) electrons. The number of esters is 1. The standard InChI is InChI=1S/C19H22F4O2/c1-2-3-13-4-10-16(11-5-13)25-18(24)15-8-6-14(7-9-15)17(20)12-19(21,22)23/h4-5,10-12,14-15H,2-3,6-9H2,1H3/b17-12-. The lowest BCUT2D eigenvalue weighted by Crippen LogP contribution is -2.26. The molecule has 1 aromatic rings. The molecule has 0 aliphatic heterocycles. The van der Waals surface area contributed by atoms with Gasteiger partial charge in [-0.2, -0.15) is 13.2 Å². The van der Waals surface area contributed by atoms with Gasteiger partial charge in [-0.15, -0.1) is 0 Å². The largest absolute Gasteiger partial charge is 0.426 e. The van der Waals surface area contributed by atoms with E-state index >= 15 is 0 Å². The molecule has 0 aromatic heterocycles. The lowest BCUT2D eigenvalue weighted by molar-refractivity contribution is -0.140. The fraction of sp³-hybridized carbons (Fsp3) is 0.526. The second-order valence-corrected chi connectivity index (χ2v) is 6.43. The average molecular weight is 358 g/mol. The van der Waals surface area contributed by atoms with Gasteiger partial charge in [0, 0.05) is 5.92 Å². The molecule has 0 bridgehead atoms. The van der Waals surface area contributed by atoms with Crippen LogP contribution in [0.1, 0.15) is 44.6 Å². The van der Waals surface area contributed by atoms with Gasteiger partial charge >= 0.3 is 12.1 Å². The van der Waals surface area contributed by atoms with Crippen LogP contribution in [0, 0.1) is 11.8 Å². The second kappa shape index (κ2) is 8.50. The van der Waals surface area contributed by atoms with Gasteiger partial charge in [0.25, 0.3) is 0 Å². The van der Waals surface area contributed by atoms with Crippen LogP contribution in [0.2, 0.25) is 0 Å². The van der Waals surface area contributed by atoms with E-state index in [0.29, 0.717) is 18.6 Å². The highest BCUT2D eigenvalue weighted by atomic mass is 19.4. The smallest absolute Gasteiger partial charge is 0.412 e. The predicted octanol–water partition coefficient (Wildman–Crippen LogP) is 5.77. The van der Waals surface area contributed by atoms with Gasteiger partial charge in [0.05, 0.1) is 12.0 Å². The van der Waals surface area contributed by atoms with E-state index in [2.05, 4.69) is 6.92 Å². The minimum Gasteiger partial charge on any atom is -0.426 e. The Morgan fingerprint density at radius 3 is 2.20 bits per heavy atom. The van der Waals surface area contributed by atoms with E-state index in [1.807, 2.05) is 12.1 Å². The number of ether oxygens (including phenoxy) is 1. The van der Waals surface area contributed by atoms with Crippen LogP contribution in [0.3, 0.4) is 0 Å². The molecule has 25 heavy (non-hydrogen) atoms. The molecule has 1 aliphatic carbocycles. The molecular formula is C19H22F4O2. The number of alkyl halides is 3. The zero-order chi connectivity index (χ0) is 18.4. The molecule has 1 fully saturated rings. The summed E-state index contributed by atoms with van der Waals surface area (Å²) in [6, 6.07) is 7.28. The summed E-state index contributed by atoms with van der Waals surface area (Å²) in [6.07, 6.45) is -1.86. The molecule has 2 nitrogen and oxygen atoms in total. The molecule has 1 saturated carbocycles. The number of halogens is 4. The number of rotatable bonds is 5. The van der Waals surface area contributed by atoms with E-state index in [1.165, 1.54) is 0 Å². The van der Waals surface area contributed by atoms with Crippen LogP contribution < -0.4 is 4.74 Å². The summed E-state index contributed by atoms with van der Waals surface area (Å²) in [5.74, 6) is -2.26. The van der Waals surface area contributed by atoms with Gasteiger partial charge in [-0.05, 0) is 49.8 Å². The number of carbonyl (C=O) groups excluding carboxylic acids is 1. The SMILES string of the molecule is CCCc1ccc(OC(=O)C2CCC(/C(F)=C/C(F)(F)F)CC2)cc1. The van der Waals surface area contributed by atoms with Crippen LogP contribution in [0.25, 0.3) is 0 Å². The van der Waals surface area contributed by atoms with Crippen molar-refractivity contribution >= 4 is 5.97 Å². The summed E-state index contributed by atoms with van der Waals surface area (Å²) < 4.78 is 55.5. The first-order valence-electron chi connectivity index (χ1n) is 8.54. The number of hydrogen-bond donors (Lipinski definition) is 0. The van der Waals surface area contributed by atoms with Crippen LogP contribution in [0.5, 0.6) is 5.75 Å². The molecule has 0 unspecified atom stereocenters. The molecule has 0 spiro atoms. The first kappa shape index (κ1) is 19.5. The fourth-order valence-corrected chi connectivity index (χ4v) is 3.09. The summed E-state index contributed by atoms with van der Waals surface area (Å²) in [7, 11) is 0. The highest BCUT2D eigenvalue weighted by molar-refractivity contribution is 5.75. The van der Waals surface area contributed by atoms with Gasteiger partial charge in [0.15, 0.2) is 0 Å². The van der Waals surface area contributed by atoms with Crippen molar-refractivity contribution < 1.29 is 27.1 Å².